The molecule has 0 bridgehead atoms. The molecule has 0 spiro atoms. The maximum absolute atomic E-state index is 12.2. The van der Waals surface area contributed by atoms with Crippen molar-refractivity contribution in [1.82, 2.24) is 19.9 Å². The summed E-state index contributed by atoms with van der Waals surface area (Å²) in [6.45, 7) is 0.0517. The fraction of sp³-hybridized carbons (Fsp3) is 0.0714. The van der Waals surface area contributed by atoms with Crippen LogP contribution in [0.15, 0.2) is 63.0 Å². The maximum Gasteiger partial charge on any atom is 0.274 e. The van der Waals surface area contributed by atoms with Gasteiger partial charge < -0.3 is 4.42 Å². The lowest BCUT2D eigenvalue weighted by atomic mass is 10.3. The molecule has 0 atom stereocenters. The molecule has 3 heterocycles. The fourth-order valence-electron chi connectivity index (χ4n) is 1.83. The summed E-state index contributed by atoms with van der Waals surface area (Å²) in [5, 5.41) is 5.80. The van der Waals surface area contributed by atoms with Crippen LogP contribution < -0.4 is 10.3 Å². The first-order valence-corrected chi connectivity index (χ1v) is 8.08. The van der Waals surface area contributed by atoms with Crippen molar-refractivity contribution in [2.45, 2.75) is 11.6 Å². The standard InChI is InChI=1S/C14H12N4O4S/c19-13-6-4-11(17-18-13)12-5-7-14(22-12)23(20,21)16-9-10-3-1-2-8-15-10/h1-8,16H,9H2,(H,18,19). The van der Waals surface area contributed by atoms with Gasteiger partial charge in [-0.3, -0.25) is 9.78 Å². The minimum atomic E-state index is -3.81. The maximum atomic E-state index is 12.2. The van der Waals surface area contributed by atoms with Gasteiger partial charge in [0.25, 0.3) is 15.6 Å². The quantitative estimate of drug-likeness (QED) is 0.717. The Hall–Kier alpha value is -2.78. The highest BCUT2D eigenvalue weighted by Crippen LogP contribution is 2.21. The molecule has 3 rings (SSSR count). The molecule has 0 aromatic carbocycles. The average Bonchev–Trinajstić information content (AvgIpc) is 3.06. The second-order valence-electron chi connectivity index (χ2n) is 4.57. The van der Waals surface area contributed by atoms with Crippen molar-refractivity contribution in [3.05, 3.63) is 64.7 Å². The zero-order chi connectivity index (χ0) is 16.3. The molecule has 0 amide bonds. The fourth-order valence-corrected chi connectivity index (χ4v) is 2.75. The van der Waals surface area contributed by atoms with Crippen LogP contribution in [0.3, 0.4) is 0 Å². The van der Waals surface area contributed by atoms with Crippen LogP contribution in [0.2, 0.25) is 0 Å². The van der Waals surface area contributed by atoms with Gasteiger partial charge in [0.2, 0.25) is 5.09 Å². The number of rotatable bonds is 5. The molecule has 8 nitrogen and oxygen atoms in total. The molecule has 23 heavy (non-hydrogen) atoms. The van der Waals surface area contributed by atoms with Crippen molar-refractivity contribution in [2.75, 3.05) is 0 Å². The predicted octanol–water partition coefficient (Wildman–Crippen LogP) is 0.903. The molecule has 0 radical (unpaired) electrons. The number of hydrogen-bond acceptors (Lipinski definition) is 6. The van der Waals surface area contributed by atoms with E-state index >= 15 is 0 Å². The van der Waals surface area contributed by atoms with Crippen LogP contribution >= 0.6 is 0 Å². The topological polar surface area (TPSA) is 118 Å². The lowest BCUT2D eigenvalue weighted by molar-refractivity contribution is 0.454. The molecule has 0 saturated heterocycles. The summed E-state index contributed by atoms with van der Waals surface area (Å²) in [5.74, 6) is 0.236. The highest BCUT2D eigenvalue weighted by atomic mass is 32.2. The van der Waals surface area contributed by atoms with E-state index in [2.05, 4.69) is 19.9 Å². The lowest BCUT2D eigenvalue weighted by Gasteiger charge is -2.03. The molecule has 3 aromatic heterocycles. The van der Waals surface area contributed by atoms with Gasteiger partial charge in [0.05, 0.1) is 12.2 Å². The minimum Gasteiger partial charge on any atom is -0.442 e. The molecule has 0 aliphatic heterocycles. The van der Waals surface area contributed by atoms with Crippen molar-refractivity contribution in [3.8, 4) is 11.5 Å². The second-order valence-corrected chi connectivity index (χ2v) is 6.27. The number of aromatic nitrogens is 3. The van der Waals surface area contributed by atoms with E-state index in [4.69, 9.17) is 4.42 Å². The van der Waals surface area contributed by atoms with Gasteiger partial charge in [-0.15, -0.1) is 0 Å². The summed E-state index contributed by atoms with van der Waals surface area (Å²) in [5.41, 5.74) is 0.561. The van der Waals surface area contributed by atoms with Crippen LogP contribution in [-0.4, -0.2) is 23.6 Å². The normalized spacial score (nSPS) is 11.5. The second kappa shape index (κ2) is 6.15. The van der Waals surface area contributed by atoms with E-state index in [1.165, 1.54) is 24.3 Å². The van der Waals surface area contributed by atoms with Gasteiger partial charge in [0, 0.05) is 12.3 Å². The molecule has 3 aromatic rings. The monoisotopic (exact) mass is 332 g/mol. The van der Waals surface area contributed by atoms with Crippen molar-refractivity contribution in [3.63, 3.8) is 0 Å². The summed E-state index contributed by atoms with van der Waals surface area (Å²) < 4.78 is 32.1. The molecular weight excluding hydrogens is 320 g/mol. The van der Waals surface area contributed by atoms with Gasteiger partial charge in [-0.2, -0.15) is 5.10 Å². The first-order valence-electron chi connectivity index (χ1n) is 6.60. The largest absolute Gasteiger partial charge is 0.442 e. The van der Waals surface area contributed by atoms with E-state index < -0.39 is 10.0 Å². The van der Waals surface area contributed by atoms with E-state index in [1.807, 2.05) is 0 Å². The number of hydrogen-bond donors (Lipinski definition) is 2. The third-order valence-corrected chi connectivity index (χ3v) is 4.22. The third-order valence-electron chi connectivity index (χ3n) is 2.95. The smallest absolute Gasteiger partial charge is 0.274 e. The number of pyridine rings is 1. The Labute approximate surface area is 131 Å². The third kappa shape index (κ3) is 3.52. The van der Waals surface area contributed by atoms with Crippen LogP contribution in [0, 0.1) is 0 Å². The molecule has 0 unspecified atom stereocenters. The van der Waals surface area contributed by atoms with Crippen LogP contribution in [0.5, 0.6) is 0 Å². The SMILES string of the molecule is O=c1ccc(-c2ccc(S(=O)(=O)NCc3ccccn3)o2)n[nH]1. The van der Waals surface area contributed by atoms with Crippen LogP contribution in [0.1, 0.15) is 5.69 Å². The van der Waals surface area contributed by atoms with E-state index in [9.17, 15) is 13.2 Å². The molecule has 0 aliphatic carbocycles. The first-order chi connectivity index (χ1) is 11.0. The Bertz CT molecular complexity index is 943. The summed E-state index contributed by atoms with van der Waals surface area (Å²) >= 11 is 0. The number of nitrogens with zero attached hydrogens (tertiary/aromatic N) is 2. The molecule has 9 heteroatoms. The predicted molar refractivity (Wildman–Crippen MR) is 80.8 cm³/mol. The lowest BCUT2D eigenvalue weighted by Crippen LogP contribution is -2.23. The van der Waals surface area contributed by atoms with Gasteiger partial charge in [-0.05, 0) is 30.3 Å². The highest BCUT2D eigenvalue weighted by molar-refractivity contribution is 7.89. The van der Waals surface area contributed by atoms with Gasteiger partial charge >= 0.3 is 0 Å². The number of aromatic amines is 1. The van der Waals surface area contributed by atoms with Crippen LogP contribution in [0.25, 0.3) is 11.5 Å². The number of sulfonamides is 1. The molecule has 0 fully saturated rings. The van der Waals surface area contributed by atoms with E-state index in [0.29, 0.717) is 11.4 Å². The molecule has 2 N–H and O–H groups in total. The van der Waals surface area contributed by atoms with E-state index in [1.54, 1.807) is 24.4 Å². The Morgan fingerprint density at radius 3 is 2.70 bits per heavy atom. The first kappa shape index (κ1) is 15.1. The van der Waals surface area contributed by atoms with Crippen LogP contribution in [0.4, 0.5) is 0 Å². The van der Waals surface area contributed by atoms with Crippen LogP contribution in [-0.2, 0) is 16.6 Å². The molecular formula is C14H12N4O4S. The summed E-state index contributed by atoms with van der Waals surface area (Å²) in [4.78, 5) is 15.0. The summed E-state index contributed by atoms with van der Waals surface area (Å²) in [7, 11) is -3.81. The minimum absolute atomic E-state index is 0.0517. The average molecular weight is 332 g/mol. The molecule has 0 aliphatic rings. The zero-order valence-electron chi connectivity index (χ0n) is 11.8. The van der Waals surface area contributed by atoms with Gasteiger partial charge in [0.1, 0.15) is 5.69 Å². The number of nitrogens with one attached hydrogen (secondary N) is 2. The Morgan fingerprint density at radius 1 is 1.13 bits per heavy atom. The Balaban J connectivity index is 1.78. The van der Waals surface area contributed by atoms with Crippen molar-refractivity contribution >= 4 is 10.0 Å². The van der Waals surface area contributed by atoms with E-state index in [0.717, 1.165) is 0 Å². The van der Waals surface area contributed by atoms with Crippen molar-refractivity contribution in [2.24, 2.45) is 0 Å². The number of furan rings is 1. The Morgan fingerprint density at radius 2 is 2.00 bits per heavy atom. The zero-order valence-corrected chi connectivity index (χ0v) is 12.6. The van der Waals surface area contributed by atoms with Gasteiger partial charge in [-0.25, -0.2) is 18.2 Å². The summed E-state index contributed by atoms with van der Waals surface area (Å²) in [6.07, 6.45) is 1.58. The summed E-state index contributed by atoms with van der Waals surface area (Å²) in [6, 6.07) is 10.7. The van der Waals surface area contributed by atoms with Crippen molar-refractivity contribution in [1.29, 1.82) is 0 Å². The molecule has 0 saturated carbocycles. The van der Waals surface area contributed by atoms with Gasteiger partial charge in [-0.1, -0.05) is 6.07 Å². The highest BCUT2D eigenvalue weighted by Gasteiger charge is 2.19. The Kier molecular flexibility index (Phi) is 4.04. The molecule has 118 valence electrons. The van der Waals surface area contributed by atoms with Crippen molar-refractivity contribution < 1.29 is 12.8 Å². The number of H-pyrrole nitrogens is 1. The van der Waals surface area contributed by atoms with Gasteiger partial charge in [0.15, 0.2) is 5.76 Å². The van der Waals surface area contributed by atoms with E-state index in [-0.39, 0.29) is 23.0 Å².